The maximum atomic E-state index is 12.3. The number of amides is 2. The molecule has 1 heterocycles. The predicted molar refractivity (Wildman–Crippen MR) is 82.9 cm³/mol. The summed E-state index contributed by atoms with van der Waals surface area (Å²) >= 11 is 0. The van der Waals surface area contributed by atoms with Crippen LogP contribution in [0.5, 0.6) is 0 Å². The third-order valence-corrected chi connectivity index (χ3v) is 4.09. The molecule has 1 aromatic carbocycles. The summed E-state index contributed by atoms with van der Waals surface area (Å²) in [5, 5.41) is 2.92. The van der Waals surface area contributed by atoms with Crippen LogP contribution in [0.15, 0.2) is 24.3 Å². The lowest BCUT2D eigenvalue weighted by Crippen LogP contribution is -2.29. The van der Waals surface area contributed by atoms with Gasteiger partial charge in [0.05, 0.1) is 0 Å². The Hall–Kier alpha value is -1.84. The van der Waals surface area contributed by atoms with Gasteiger partial charge in [0.1, 0.15) is 0 Å². The second-order valence-electron chi connectivity index (χ2n) is 5.73. The molecule has 4 heteroatoms. The van der Waals surface area contributed by atoms with E-state index in [-0.39, 0.29) is 17.7 Å². The minimum atomic E-state index is 0.0272. The molecule has 0 radical (unpaired) electrons. The lowest BCUT2D eigenvalue weighted by atomic mass is 10.1. The molecule has 0 aliphatic carbocycles. The van der Waals surface area contributed by atoms with Crippen LogP contribution in [0, 0.1) is 5.92 Å². The topological polar surface area (TPSA) is 49.4 Å². The third kappa shape index (κ3) is 4.06. The highest BCUT2D eigenvalue weighted by Crippen LogP contribution is 2.14. The Morgan fingerprint density at radius 2 is 2.00 bits per heavy atom. The summed E-state index contributed by atoms with van der Waals surface area (Å²) < 4.78 is 0. The van der Waals surface area contributed by atoms with Crippen molar-refractivity contribution in [3.63, 3.8) is 0 Å². The second-order valence-corrected chi connectivity index (χ2v) is 5.73. The molecule has 0 saturated carbocycles. The summed E-state index contributed by atoms with van der Waals surface area (Å²) in [6, 6.07) is 7.56. The Balaban J connectivity index is 1.97. The number of nitrogens with one attached hydrogen (secondary N) is 1. The van der Waals surface area contributed by atoms with Gasteiger partial charge in [-0.2, -0.15) is 0 Å². The number of carbonyl (C=O) groups is 2. The molecular weight excluding hydrogens is 264 g/mol. The zero-order valence-electron chi connectivity index (χ0n) is 12.9. The van der Waals surface area contributed by atoms with Crippen molar-refractivity contribution in [2.75, 3.05) is 13.1 Å². The van der Waals surface area contributed by atoms with Crippen molar-refractivity contribution in [1.82, 2.24) is 10.2 Å². The SMILES string of the molecule is CCC(C)C(=O)NCc1cccc(C(=O)N2CCCC2)c1. The number of hydrogen-bond donors (Lipinski definition) is 1. The maximum Gasteiger partial charge on any atom is 0.253 e. The van der Waals surface area contributed by atoms with Crippen molar-refractivity contribution >= 4 is 11.8 Å². The molecule has 0 bridgehead atoms. The van der Waals surface area contributed by atoms with Crippen molar-refractivity contribution in [3.8, 4) is 0 Å². The largest absolute Gasteiger partial charge is 0.352 e. The van der Waals surface area contributed by atoms with E-state index in [1.165, 1.54) is 0 Å². The summed E-state index contributed by atoms with van der Waals surface area (Å²) in [4.78, 5) is 26.0. The maximum absolute atomic E-state index is 12.3. The lowest BCUT2D eigenvalue weighted by molar-refractivity contribution is -0.124. The van der Waals surface area contributed by atoms with E-state index in [2.05, 4.69) is 5.32 Å². The number of rotatable bonds is 5. The zero-order chi connectivity index (χ0) is 15.2. The van der Waals surface area contributed by atoms with E-state index in [0.29, 0.717) is 12.1 Å². The van der Waals surface area contributed by atoms with Crippen LogP contribution in [0.4, 0.5) is 0 Å². The smallest absolute Gasteiger partial charge is 0.253 e. The highest BCUT2D eigenvalue weighted by molar-refractivity contribution is 5.94. The monoisotopic (exact) mass is 288 g/mol. The van der Waals surface area contributed by atoms with Crippen LogP contribution in [0.1, 0.15) is 49.0 Å². The van der Waals surface area contributed by atoms with Crippen LogP contribution in [-0.4, -0.2) is 29.8 Å². The number of benzene rings is 1. The van der Waals surface area contributed by atoms with Gasteiger partial charge in [0.2, 0.25) is 5.91 Å². The quantitative estimate of drug-likeness (QED) is 0.905. The van der Waals surface area contributed by atoms with Crippen LogP contribution in [0.25, 0.3) is 0 Å². The molecule has 1 aliphatic heterocycles. The van der Waals surface area contributed by atoms with Gasteiger partial charge in [0.15, 0.2) is 0 Å². The Bertz CT molecular complexity index is 507. The van der Waals surface area contributed by atoms with Crippen LogP contribution in [0.2, 0.25) is 0 Å². The van der Waals surface area contributed by atoms with Crippen molar-refractivity contribution < 1.29 is 9.59 Å². The van der Waals surface area contributed by atoms with Crippen LogP contribution >= 0.6 is 0 Å². The molecule has 0 spiro atoms. The number of carbonyl (C=O) groups excluding carboxylic acids is 2. The predicted octanol–water partition coefficient (Wildman–Crippen LogP) is 2.58. The first-order valence-corrected chi connectivity index (χ1v) is 7.77. The highest BCUT2D eigenvalue weighted by Gasteiger charge is 2.19. The summed E-state index contributed by atoms with van der Waals surface area (Å²) in [7, 11) is 0. The first-order chi connectivity index (χ1) is 10.1. The van der Waals surface area contributed by atoms with E-state index < -0.39 is 0 Å². The molecule has 4 nitrogen and oxygen atoms in total. The standard InChI is InChI=1S/C17H24N2O2/c1-3-13(2)16(20)18-12-14-7-6-8-15(11-14)17(21)19-9-4-5-10-19/h6-8,11,13H,3-5,9-10,12H2,1-2H3,(H,18,20). The fraction of sp³-hybridized carbons (Fsp3) is 0.529. The molecule has 1 unspecified atom stereocenters. The van der Waals surface area contributed by atoms with E-state index in [1.807, 2.05) is 43.0 Å². The molecule has 0 aromatic heterocycles. The molecular formula is C17H24N2O2. The number of likely N-dealkylation sites (tertiary alicyclic amines) is 1. The highest BCUT2D eigenvalue weighted by atomic mass is 16.2. The molecule has 2 amide bonds. The summed E-state index contributed by atoms with van der Waals surface area (Å²) in [6.45, 7) is 6.11. The van der Waals surface area contributed by atoms with Gasteiger partial charge in [0, 0.05) is 31.1 Å². The molecule has 2 rings (SSSR count). The van der Waals surface area contributed by atoms with Gasteiger partial charge < -0.3 is 10.2 Å². The average molecular weight is 288 g/mol. The Morgan fingerprint density at radius 3 is 2.67 bits per heavy atom. The summed E-state index contributed by atoms with van der Waals surface area (Å²) in [5.41, 5.74) is 1.68. The average Bonchev–Trinajstić information content (AvgIpc) is 3.05. The van der Waals surface area contributed by atoms with E-state index in [0.717, 1.165) is 37.9 Å². The molecule has 1 aliphatic rings. The van der Waals surface area contributed by atoms with Crippen LogP contribution in [0.3, 0.4) is 0 Å². The van der Waals surface area contributed by atoms with Crippen molar-refractivity contribution in [3.05, 3.63) is 35.4 Å². The molecule has 21 heavy (non-hydrogen) atoms. The first kappa shape index (κ1) is 15.5. The zero-order valence-corrected chi connectivity index (χ0v) is 12.9. The molecule has 1 N–H and O–H groups in total. The van der Waals surface area contributed by atoms with E-state index in [4.69, 9.17) is 0 Å². The normalized spacial score (nSPS) is 15.8. The number of hydrogen-bond acceptors (Lipinski definition) is 2. The molecule has 1 aromatic rings. The van der Waals surface area contributed by atoms with Crippen molar-refractivity contribution in [1.29, 1.82) is 0 Å². The van der Waals surface area contributed by atoms with Crippen LogP contribution in [-0.2, 0) is 11.3 Å². The van der Waals surface area contributed by atoms with E-state index in [9.17, 15) is 9.59 Å². The van der Waals surface area contributed by atoms with Gasteiger partial charge in [-0.25, -0.2) is 0 Å². The molecule has 1 fully saturated rings. The van der Waals surface area contributed by atoms with Gasteiger partial charge >= 0.3 is 0 Å². The molecule has 1 saturated heterocycles. The lowest BCUT2D eigenvalue weighted by Gasteiger charge is -2.16. The third-order valence-electron chi connectivity index (χ3n) is 4.09. The second kappa shape index (κ2) is 7.25. The van der Waals surface area contributed by atoms with Gasteiger partial charge in [-0.3, -0.25) is 9.59 Å². The first-order valence-electron chi connectivity index (χ1n) is 7.77. The molecule has 114 valence electrons. The Labute approximate surface area is 126 Å². The van der Waals surface area contributed by atoms with Crippen molar-refractivity contribution in [2.45, 2.75) is 39.7 Å². The van der Waals surface area contributed by atoms with Crippen molar-refractivity contribution in [2.24, 2.45) is 5.92 Å². The summed E-state index contributed by atoms with van der Waals surface area (Å²) in [5.74, 6) is 0.191. The minimum absolute atomic E-state index is 0.0272. The van der Waals surface area contributed by atoms with Gasteiger partial charge in [-0.15, -0.1) is 0 Å². The van der Waals surface area contributed by atoms with E-state index in [1.54, 1.807) is 0 Å². The van der Waals surface area contributed by atoms with Crippen LogP contribution < -0.4 is 5.32 Å². The van der Waals surface area contributed by atoms with Gasteiger partial charge in [0.25, 0.3) is 5.91 Å². The van der Waals surface area contributed by atoms with Gasteiger partial charge in [-0.1, -0.05) is 26.0 Å². The summed E-state index contributed by atoms with van der Waals surface area (Å²) in [6.07, 6.45) is 3.02. The van der Waals surface area contributed by atoms with E-state index >= 15 is 0 Å². The Morgan fingerprint density at radius 1 is 1.29 bits per heavy atom. The fourth-order valence-electron chi connectivity index (χ4n) is 2.47. The minimum Gasteiger partial charge on any atom is -0.352 e. The Kier molecular flexibility index (Phi) is 5.37. The number of nitrogens with zero attached hydrogens (tertiary/aromatic N) is 1. The fourth-order valence-corrected chi connectivity index (χ4v) is 2.47. The van der Waals surface area contributed by atoms with Gasteiger partial charge in [-0.05, 0) is 37.0 Å². The molecule has 1 atom stereocenters.